The Morgan fingerprint density at radius 2 is 2.00 bits per heavy atom. The highest BCUT2D eigenvalue weighted by Crippen LogP contribution is 2.20. The third-order valence-electron chi connectivity index (χ3n) is 3.85. The van der Waals surface area contributed by atoms with Gasteiger partial charge in [-0.25, -0.2) is 0 Å². The molecule has 2 N–H and O–H groups in total. The first-order valence-electron chi connectivity index (χ1n) is 7.48. The Balaban J connectivity index is 2.09. The largest absolute Gasteiger partial charge is 0.378 e. The first kappa shape index (κ1) is 15.0. The zero-order chi connectivity index (χ0) is 14.4. The molecule has 4 nitrogen and oxygen atoms in total. The van der Waals surface area contributed by atoms with Gasteiger partial charge in [-0.2, -0.15) is 0 Å². The van der Waals surface area contributed by atoms with Crippen molar-refractivity contribution in [2.75, 3.05) is 19.6 Å². The number of benzene rings is 1. The third-order valence-corrected chi connectivity index (χ3v) is 3.85. The molecule has 0 aromatic heterocycles. The second-order valence-corrected chi connectivity index (χ2v) is 5.33. The first-order valence-corrected chi connectivity index (χ1v) is 7.48. The van der Waals surface area contributed by atoms with E-state index >= 15 is 0 Å². The quantitative estimate of drug-likeness (QED) is 0.861. The Hall–Kier alpha value is -1.39. The van der Waals surface area contributed by atoms with Crippen LogP contribution in [0.25, 0.3) is 0 Å². The Morgan fingerprint density at radius 1 is 1.35 bits per heavy atom. The fourth-order valence-corrected chi connectivity index (χ4v) is 2.77. The number of amides is 1. The summed E-state index contributed by atoms with van der Waals surface area (Å²) in [5.41, 5.74) is 0.674. The average molecular weight is 276 g/mol. The van der Waals surface area contributed by atoms with E-state index in [9.17, 15) is 9.90 Å². The van der Waals surface area contributed by atoms with Crippen LogP contribution in [0.5, 0.6) is 0 Å². The zero-order valence-electron chi connectivity index (χ0n) is 12.1. The molecule has 1 saturated heterocycles. The van der Waals surface area contributed by atoms with Gasteiger partial charge in [0.1, 0.15) is 0 Å². The van der Waals surface area contributed by atoms with E-state index in [1.807, 2.05) is 23.1 Å². The van der Waals surface area contributed by atoms with Crippen LogP contribution in [0.3, 0.4) is 0 Å². The molecule has 1 heterocycles. The molecule has 1 aliphatic rings. The van der Waals surface area contributed by atoms with E-state index < -0.39 is 6.10 Å². The van der Waals surface area contributed by atoms with Gasteiger partial charge < -0.3 is 15.3 Å². The third kappa shape index (κ3) is 3.58. The minimum Gasteiger partial charge on any atom is -0.378 e. The highest BCUT2D eigenvalue weighted by Gasteiger charge is 2.29. The molecule has 1 aliphatic heterocycles. The highest BCUT2D eigenvalue weighted by atomic mass is 16.3. The van der Waals surface area contributed by atoms with Crippen molar-refractivity contribution in [3.8, 4) is 0 Å². The zero-order valence-corrected chi connectivity index (χ0v) is 12.1. The van der Waals surface area contributed by atoms with Crippen molar-refractivity contribution >= 4 is 5.91 Å². The molecule has 0 bridgehead atoms. The van der Waals surface area contributed by atoms with Gasteiger partial charge in [-0.1, -0.05) is 37.3 Å². The summed E-state index contributed by atoms with van der Waals surface area (Å²) < 4.78 is 0. The molecule has 1 fully saturated rings. The Labute approximate surface area is 120 Å². The van der Waals surface area contributed by atoms with Crippen LogP contribution in [0.2, 0.25) is 0 Å². The van der Waals surface area contributed by atoms with Gasteiger partial charge >= 0.3 is 0 Å². The van der Waals surface area contributed by atoms with Gasteiger partial charge in [0, 0.05) is 12.6 Å². The van der Waals surface area contributed by atoms with Gasteiger partial charge in [0.2, 0.25) is 0 Å². The van der Waals surface area contributed by atoms with Crippen molar-refractivity contribution < 1.29 is 9.90 Å². The van der Waals surface area contributed by atoms with Crippen LogP contribution in [-0.2, 0) is 4.79 Å². The van der Waals surface area contributed by atoms with Crippen LogP contribution >= 0.6 is 0 Å². The van der Waals surface area contributed by atoms with Gasteiger partial charge in [0.05, 0.1) is 0 Å². The van der Waals surface area contributed by atoms with E-state index in [-0.39, 0.29) is 11.9 Å². The van der Waals surface area contributed by atoms with Crippen LogP contribution in [0.4, 0.5) is 0 Å². The summed E-state index contributed by atoms with van der Waals surface area (Å²) in [6.07, 6.45) is 1.80. The van der Waals surface area contributed by atoms with Crippen LogP contribution in [0.15, 0.2) is 30.3 Å². The van der Waals surface area contributed by atoms with Crippen molar-refractivity contribution in [1.82, 2.24) is 10.2 Å². The van der Waals surface area contributed by atoms with E-state index in [2.05, 4.69) is 12.2 Å². The maximum Gasteiger partial charge on any atom is 0.256 e. The first-order chi connectivity index (χ1) is 9.74. The molecule has 1 aromatic rings. The van der Waals surface area contributed by atoms with Crippen LogP contribution < -0.4 is 5.32 Å². The molecule has 1 aromatic carbocycles. The maximum absolute atomic E-state index is 12.6. The fraction of sp³-hybridized carbons (Fsp3) is 0.562. The van der Waals surface area contributed by atoms with Crippen molar-refractivity contribution in [3.05, 3.63) is 35.9 Å². The monoisotopic (exact) mass is 276 g/mol. The van der Waals surface area contributed by atoms with E-state index in [4.69, 9.17) is 0 Å². The van der Waals surface area contributed by atoms with Crippen molar-refractivity contribution in [2.24, 2.45) is 0 Å². The minimum atomic E-state index is -1.04. The lowest BCUT2D eigenvalue weighted by Crippen LogP contribution is -2.48. The van der Waals surface area contributed by atoms with Crippen LogP contribution in [0.1, 0.15) is 37.9 Å². The number of nitrogens with one attached hydrogen (secondary N) is 1. The second kappa shape index (κ2) is 7.41. The van der Waals surface area contributed by atoms with Gasteiger partial charge in [0.15, 0.2) is 6.10 Å². The predicted octanol–water partition coefficient (Wildman–Crippen LogP) is 1.71. The Morgan fingerprint density at radius 3 is 2.60 bits per heavy atom. The topological polar surface area (TPSA) is 52.6 Å². The number of nitrogens with zero attached hydrogens (tertiary/aromatic N) is 1. The number of hydrogen-bond acceptors (Lipinski definition) is 3. The van der Waals surface area contributed by atoms with E-state index in [0.717, 1.165) is 32.4 Å². The van der Waals surface area contributed by atoms with E-state index in [0.29, 0.717) is 12.1 Å². The number of carbonyl (C=O) groups is 1. The summed E-state index contributed by atoms with van der Waals surface area (Å²) in [6, 6.07) is 9.44. The smallest absolute Gasteiger partial charge is 0.256 e. The molecule has 2 rings (SSSR count). The van der Waals surface area contributed by atoms with Crippen LogP contribution in [-0.4, -0.2) is 41.6 Å². The maximum atomic E-state index is 12.6. The SMILES string of the molecule is CCCN(C(=O)C(O)c1ccccc1)C1CCNCC1. The number of aliphatic hydroxyl groups is 1. The fourth-order valence-electron chi connectivity index (χ4n) is 2.77. The molecule has 1 amide bonds. The summed E-state index contributed by atoms with van der Waals surface area (Å²) in [5.74, 6) is -0.162. The lowest BCUT2D eigenvalue weighted by atomic mass is 10.0. The molecule has 110 valence electrons. The standard InChI is InChI=1S/C16H24N2O2/c1-2-12-18(14-8-10-17-11-9-14)16(20)15(19)13-6-4-3-5-7-13/h3-7,14-15,17,19H,2,8-12H2,1H3. The van der Waals surface area contributed by atoms with Gasteiger partial charge in [0.25, 0.3) is 5.91 Å². The molecule has 20 heavy (non-hydrogen) atoms. The molecule has 0 radical (unpaired) electrons. The predicted molar refractivity (Wildman–Crippen MR) is 79.3 cm³/mol. The van der Waals surface area contributed by atoms with Crippen LogP contribution in [0, 0.1) is 0 Å². The average Bonchev–Trinajstić information content (AvgIpc) is 2.53. The molecule has 1 atom stereocenters. The molecular weight excluding hydrogens is 252 g/mol. The molecule has 0 saturated carbocycles. The number of piperidine rings is 1. The second-order valence-electron chi connectivity index (χ2n) is 5.33. The van der Waals surface area contributed by atoms with Gasteiger partial charge in [-0.3, -0.25) is 4.79 Å². The molecule has 0 aliphatic carbocycles. The minimum absolute atomic E-state index is 0.162. The highest BCUT2D eigenvalue weighted by molar-refractivity contribution is 5.82. The van der Waals surface area contributed by atoms with E-state index in [1.54, 1.807) is 12.1 Å². The summed E-state index contributed by atoms with van der Waals surface area (Å²) in [5, 5.41) is 13.6. The molecule has 4 heteroatoms. The number of hydrogen-bond donors (Lipinski definition) is 2. The van der Waals surface area contributed by atoms with Gasteiger partial charge in [-0.15, -0.1) is 0 Å². The Kier molecular flexibility index (Phi) is 5.56. The summed E-state index contributed by atoms with van der Waals surface area (Å²) in [4.78, 5) is 14.5. The summed E-state index contributed by atoms with van der Waals surface area (Å²) in [6.45, 7) is 4.67. The number of aliphatic hydroxyl groups excluding tert-OH is 1. The Bertz CT molecular complexity index is 416. The molecule has 1 unspecified atom stereocenters. The van der Waals surface area contributed by atoms with Crippen molar-refractivity contribution in [3.63, 3.8) is 0 Å². The number of rotatable bonds is 5. The van der Waals surface area contributed by atoms with Crippen molar-refractivity contribution in [2.45, 2.75) is 38.3 Å². The lowest BCUT2D eigenvalue weighted by Gasteiger charge is -2.35. The number of carbonyl (C=O) groups excluding carboxylic acids is 1. The summed E-state index contributed by atoms with van der Waals surface area (Å²) >= 11 is 0. The normalized spacial score (nSPS) is 17.7. The summed E-state index contributed by atoms with van der Waals surface area (Å²) in [7, 11) is 0. The van der Waals surface area contributed by atoms with Gasteiger partial charge in [-0.05, 0) is 37.9 Å². The van der Waals surface area contributed by atoms with E-state index in [1.165, 1.54) is 0 Å². The molecular formula is C16H24N2O2. The lowest BCUT2D eigenvalue weighted by molar-refractivity contribution is -0.143. The van der Waals surface area contributed by atoms with Crippen molar-refractivity contribution in [1.29, 1.82) is 0 Å². The molecule has 0 spiro atoms.